The second kappa shape index (κ2) is 4.50. The average Bonchev–Trinajstić information content (AvgIpc) is 2.15. The molecule has 0 atom stereocenters. The first-order valence-corrected chi connectivity index (χ1v) is 4.18. The summed E-state index contributed by atoms with van der Waals surface area (Å²) in [7, 11) is 0. The highest BCUT2D eigenvalue weighted by Gasteiger charge is 2.01. The number of halogens is 1. The number of aromatic nitrogens is 1. The monoisotopic (exact) mass is 193 g/mol. The molecule has 2 N–H and O–H groups in total. The van der Waals surface area contributed by atoms with Crippen molar-refractivity contribution in [1.82, 2.24) is 4.98 Å². The molecule has 0 saturated heterocycles. The Morgan fingerprint density at radius 2 is 2.29 bits per heavy atom. The second-order valence-electron chi connectivity index (χ2n) is 2.94. The van der Waals surface area contributed by atoms with Gasteiger partial charge in [0.2, 0.25) is 0 Å². The Kier molecular flexibility index (Phi) is 3.34. The van der Waals surface area contributed by atoms with E-state index in [1.54, 1.807) is 19.9 Å². The summed E-state index contributed by atoms with van der Waals surface area (Å²) in [4.78, 5) is 7.55. The largest absolute Gasteiger partial charge is 0.387 e. The summed E-state index contributed by atoms with van der Waals surface area (Å²) in [5.41, 5.74) is 6.56. The van der Waals surface area contributed by atoms with Crippen molar-refractivity contribution in [3.8, 4) is 0 Å². The van der Waals surface area contributed by atoms with Crippen LogP contribution in [0.15, 0.2) is 29.7 Å². The molecule has 0 aliphatic heterocycles. The van der Waals surface area contributed by atoms with Crippen LogP contribution in [0.25, 0.3) is 5.57 Å². The number of rotatable bonds is 2. The molecule has 1 heterocycles. The minimum absolute atomic E-state index is 0.355. The summed E-state index contributed by atoms with van der Waals surface area (Å²) in [5, 5.41) is 0. The third kappa shape index (κ3) is 2.65. The van der Waals surface area contributed by atoms with Crippen LogP contribution < -0.4 is 5.73 Å². The third-order valence-corrected chi connectivity index (χ3v) is 1.66. The number of hydrogen-bond donors (Lipinski definition) is 1. The van der Waals surface area contributed by atoms with Gasteiger partial charge in [-0.05, 0) is 25.5 Å². The Hall–Kier alpha value is -1.71. The molecule has 74 valence electrons. The summed E-state index contributed by atoms with van der Waals surface area (Å²) in [6, 6.07) is 1.60. The standard InChI is InChI=1S/C10H12FN3/c1-7(5-14-8(2)12)9-3-4-13-6-10(9)11/h3-6H,1-2H3,(H2,12,14)/b7-5+. The summed E-state index contributed by atoms with van der Waals surface area (Å²) < 4.78 is 13.2. The molecule has 3 nitrogen and oxygen atoms in total. The van der Waals surface area contributed by atoms with Gasteiger partial charge in [-0.1, -0.05) is 0 Å². The number of nitrogens with two attached hydrogens (primary N) is 1. The van der Waals surface area contributed by atoms with Crippen molar-refractivity contribution in [2.75, 3.05) is 0 Å². The van der Waals surface area contributed by atoms with Gasteiger partial charge < -0.3 is 5.73 Å². The number of aliphatic imine (C=N–C) groups is 1. The maximum absolute atomic E-state index is 13.2. The zero-order chi connectivity index (χ0) is 10.6. The van der Waals surface area contributed by atoms with Crippen LogP contribution in [0.3, 0.4) is 0 Å². The van der Waals surface area contributed by atoms with E-state index >= 15 is 0 Å². The zero-order valence-electron chi connectivity index (χ0n) is 8.16. The molecular weight excluding hydrogens is 181 g/mol. The molecule has 0 amide bonds. The van der Waals surface area contributed by atoms with Crippen molar-refractivity contribution >= 4 is 11.4 Å². The van der Waals surface area contributed by atoms with E-state index in [2.05, 4.69) is 9.98 Å². The van der Waals surface area contributed by atoms with Crippen LogP contribution in [0.5, 0.6) is 0 Å². The summed E-state index contributed by atoms with van der Waals surface area (Å²) in [5.74, 6) is 0.0879. The molecule has 4 heteroatoms. The lowest BCUT2D eigenvalue weighted by Crippen LogP contribution is -2.03. The van der Waals surface area contributed by atoms with Gasteiger partial charge in [-0.3, -0.25) is 4.98 Å². The van der Waals surface area contributed by atoms with Crippen LogP contribution in [0.4, 0.5) is 4.39 Å². The molecule has 0 unspecified atom stereocenters. The maximum atomic E-state index is 13.2. The molecule has 0 radical (unpaired) electrons. The van der Waals surface area contributed by atoms with Gasteiger partial charge in [0, 0.05) is 18.0 Å². The minimum atomic E-state index is -0.355. The Morgan fingerprint density at radius 1 is 1.57 bits per heavy atom. The van der Waals surface area contributed by atoms with Gasteiger partial charge in [0.15, 0.2) is 0 Å². The van der Waals surface area contributed by atoms with Crippen molar-refractivity contribution in [3.05, 3.63) is 36.0 Å². The molecule has 0 aliphatic carbocycles. The minimum Gasteiger partial charge on any atom is -0.387 e. The lowest BCUT2D eigenvalue weighted by Gasteiger charge is -2.00. The van der Waals surface area contributed by atoms with Crippen molar-refractivity contribution in [2.24, 2.45) is 10.7 Å². The SMILES string of the molecule is CC(N)=N/C=C(\C)c1ccncc1F. The molecule has 0 saturated carbocycles. The summed E-state index contributed by atoms with van der Waals surface area (Å²) in [6.45, 7) is 3.44. The zero-order valence-corrected chi connectivity index (χ0v) is 8.16. The first-order chi connectivity index (χ1) is 6.61. The predicted octanol–water partition coefficient (Wildman–Crippen LogP) is 1.96. The van der Waals surface area contributed by atoms with Crippen LogP contribution in [0, 0.1) is 5.82 Å². The molecule has 0 bridgehead atoms. The van der Waals surface area contributed by atoms with E-state index in [1.165, 1.54) is 18.6 Å². The topological polar surface area (TPSA) is 51.3 Å². The number of pyridine rings is 1. The van der Waals surface area contributed by atoms with Gasteiger partial charge in [0.1, 0.15) is 5.82 Å². The van der Waals surface area contributed by atoms with Crippen LogP contribution in [0.2, 0.25) is 0 Å². The first kappa shape index (κ1) is 10.4. The highest BCUT2D eigenvalue weighted by molar-refractivity contribution is 5.79. The molecule has 1 aromatic rings. The maximum Gasteiger partial charge on any atom is 0.149 e. The van der Waals surface area contributed by atoms with E-state index in [0.29, 0.717) is 11.4 Å². The normalized spacial score (nSPS) is 13.1. The van der Waals surface area contributed by atoms with Gasteiger partial charge >= 0.3 is 0 Å². The molecule has 0 aliphatic rings. The highest BCUT2D eigenvalue weighted by atomic mass is 19.1. The van der Waals surface area contributed by atoms with Gasteiger partial charge in [-0.2, -0.15) is 0 Å². The Labute approximate surface area is 82.2 Å². The highest BCUT2D eigenvalue weighted by Crippen LogP contribution is 2.15. The molecule has 1 rings (SSSR count). The summed E-state index contributed by atoms with van der Waals surface area (Å²) >= 11 is 0. The molecule has 1 aromatic heterocycles. The van der Waals surface area contributed by atoms with E-state index in [4.69, 9.17) is 5.73 Å². The fourth-order valence-electron chi connectivity index (χ4n) is 0.963. The molecular formula is C10H12FN3. The number of nitrogens with zero attached hydrogens (tertiary/aromatic N) is 2. The van der Waals surface area contributed by atoms with E-state index < -0.39 is 0 Å². The molecule has 0 aromatic carbocycles. The van der Waals surface area contributed by atoms with E-state index in [0.717, 1.165) is 5.57 Å². The molecule has 0 spiro atoms. The van der Waals surface area contributed by atoms with Gasteiger partial charge in [0.05, 0.1) is 12.0 Å². The van der Waals surface area contributed by atoms with Gasteiger partial charge in [-0.15, -0.1) is 0 Å². The Balaban J connectivity index is 3.01. The van der Waals surface area contributed by atoms with Crippen LogP contribution in [0.1, 0.15) is 19.4 Å². The lowest BCUT2D eigenvalue weighted by molar-refractivity contribution is 0.617. The third-order valence-electron chi connectivity index (χ3n) is 1.66. The van der Waals surface area contributed by atoms with E-state index in [1.807, 2.05) is 0 Å². The van der Waals surface area contributed by atoms with Crippen molar-refractivity contribution in [3.63, 3.8) is 0 Å². The van der Waals surface area contributed by atoms with Crippen LogP contribution in [-0.4, -0.2) is 10.8 Å². The number of hydrogen-bond acceptors (Lipinski definition) is 2. The lowest BCUT2D eigenvalue weighted by atomic mass is 10.1. The first-order valence-electron chi connectivity index (χ1n) is 4.18. The van der Waals surface area contributed by atoms with Crippen molar-refractivity contribution in [2.45, 2.75) is 13.8 Å². The number of allylic oxidation sites excluding steroid dienone is 1. The van der Waals surface area contributed by atoms with E-state index in [9.17, 15) is 4.39 Å². The van der Waals surface area contributed by atoms with Crippen LogP contribution in [-0.2, 0) is 0 Å². The predicted molar refractivity (Wildman–Crippen MR) is 55.1 cm³/mol. The Morgan fingerprint density at radius 3 is 2.86 bits per heavy atom. The quantitative estimate of drug-likeness (QED) is 0.576. The average molecular weight is 193 g/mol. The Bertz CT molecular complexity index is 379. The van der Waals surface area contributed by atoms with Gasteiger partial charge in [-0.25, -0.2) is 9.38 Å². The fourth-order valence-corrected chi connectivity index (χ4v) is 0.963. The molecule has 0 fully saturated rings. The fraction of sp³-hybridized carbons (Fsp3) is 0.200. The van der Waals surface area contributed by atoms with E-state index in [-0.39, 0.29) is 5.82 Å². The number of amidine groups is 1. The van der Waals surface area contributed by atoms with Crippen molar-refractivity contribution in [1.29, 1.82) is 0 Å². The molecule has 14 heavy (non-hydrogen) atoms. The smallest absolute Gasteiger partial charge is 0.149 e. The second-order valence-corrected chi connectivity index (χ2v) is 2.94. The summed E-state index contributed by atoms with van der Waals surface area (Å²) in [6.07, 6.45) is 4.24. The van der Waals surface area contributed by atoms with Crippen LogP contribution >= 0.6 is 0 Å². The van der Waals surface area contributed by atoms with Gasteiger partial charge in [0.25, 0.3) is 0 Å². The van der Waals surface area contributed by atoms with Crippen molar-refractivity contribution < 1.29 is 4.39 Å².